The van der Waals surface area contributed by atoms with Crippen LogP contribution in [0.4, 0.5) is 0 Å². The molecule has 0 aromatic rings. The predicted molar refractivity (Wildman–Crippen MR) is 44.6 cm³/mol. The molecular formula is C6H15NO5S. The van der Waals surface area contributed by atoms with E-state index >= 15 is 0 Å². The Morgan fingerprint density at radius 3 is 2.23 bits per heavy atom. The Morgan fingerprint density at radius 2 is 1.92 bits per heavy atom. The first-order valence-corrected chi connectivity index (χ1v) is 5.02. The van der Waals surface area contributed by atoms with Gasteiger partial charge >= 0.3 is 0 Å². The summed E-state index contributed by atoms with van der Waals surface area (Å²) in [7, 11) is 0.793. The molecule has 0 aliphatic heterocycles. The fourth-order valence-electron chi connectivity index (χ4n) is 0.847. The van der Waals surface area contributed by atoms with Gasteiger partial charge in [0.15, 0.2) is 0 Å². The third-order valence-electron chi connectivity index (χ3n) is 1.16. The van der Waals surface area contributed by atoms with Crippen molar-refractivity contribution in [2.24, 2.45) is 0 Å². The molecule has 0 unspecified atom stereocenters. The molecular weight excluding hydrogens is 198 g/mol. The van der Waals surface area contributed by atoms with Crippen LogP contribution in [0.2, 0.25) is 0 Å². The fraction of sp³-hybridized carbons (Fsp3) is 1.00. The van der Waals surface area contributed by atoms with Gasteiger partial charge in [-0.2, -0.15) is 0 Å². The lowest BCUT2D eigenvalue weighted by Gasteiger charge is -2.26. The topological polar surface area (TPSA) is 86.7 Å². The van der Waals surface area contributed by atoms with Crippen molar-refractivity contribution in [1.82, 2.24) is 0 Å². The maximum atomic E-state index is 10.0. The van der Waals surface area contributed by atoms with Gasteiger partial charge in [0, 0.05) is 0 Å². The highest BCUT2D eigenvalue weighted by atomic mass is 32.3. The third-order valence-corrected chi connectivity index (χ3v) is 1.59. The van der Waals surface area contributed by atoms with Gasteiger partial charge in [0.1, 0.15) is 12.6 Å². The molecule has 0 aliphatic carbocycles. The molecule has 0 aromatic carbocycles. The van der Waals surface area contributed by atoms with E-state index in [1.54, 1.807) is 0 Å². The Kier molecular flexibility index (Phi) is 4.27. The lowest BCUT2D eigenvalue weighted by atomic mass is 10.3. The molecule has 0 fully saturated rings. The summed E-state index contributed by atoms with van der Waals surface area (Å²) in [6.07, 6.45) is -0.955. The highest BCUT2D eigenvalue weighted by Gasteiger charge is 2.16. The number of aliphatic hydroxyl groups excluding tert-OH is 1. The number of aliphatic hydroxyl groups is 1. The summed E-state index contributed by atoms with van der Waals surface area (Å²) in [5, 5.41) is 9.20. The normalized spacial score (nSPS) is 15.8. The largest absolute Gasteiger partial charge is 0.726 e. The molecule has 0 radical (unpaired) electrons. The van der Waals surface area contributed by atoms with E-state index in [-0.39, 0.29) is 0 Å². The van der Waals surface area contributed by atoms with Crippen molar-refractivity contribution in [2.75, 3.05) is 34.3 Å². The van der Waals surface area contributed by atoms with Crippen LogP contribution in [0.3, 0.4) is 0 Å². The van der Waals surface area contributed by atoms with E-state index in [9.17, 15) is 18.1 Å². The molecule has 0 saturated carbocycles. The van der Waals surface area contributed by atoms with Gasteiger partial charge < -0.3 is 14.1 Å². The monoisotopic (exact) mass is 213 g/mol. The van der Waals surface area contributed by atoms with Gasteiger partial charge in [-0.25, -0.2) is 8.42 Å². The van der Waals surface area contributed by atoms with Crippen LogP contribution in [0.1, 0.15) is 0 Å². The fourth-order valence-corrected chi connectivity index (χ4v) is 1.17. The van der Waals surface area contributed by atoms with Crippen molar-refractivity contribution in [3.63, 3.8) is 0 Å². The molecule has 80 valence electrons. The smallest absolute Gasteiger partial charge is 0.217 e. The molecule has 0 amide bonds. The maximum Gasteiger partial charge on any atom is 0.217 e. The van der Waals surface area contributed by atoms with Crippen LogP contribution in [-0.4, -0.2) is 63.0 Å². The second kappa shape index (κ2) is 4.34. The van der Waals surface area contributed by atoms with Gasteiger partial charge in [-0.1, -0.05) is 0 Å². The van der Waals surface area contributed by atoms with Crippen molar-refractivity contribution in [3.05, 3.63) is 0 Å². The second-order valence-electron chi connectivity index (χ2n) is 3.82. The van der Waals surface area contributed by atoms with Crippen LogP contribution >= 0.6 is 0 Å². The van der Waals surface area contributed by atoms with Gasteiger partial charge in [-0.05, 0) is 0 Å². The van der Waals surface area contributed by atoms with E-state index in [1.807, 2.05) is 21.1 Å². The van der Waals surface area contributed by atoms with Gasteiger partial charge in [0.25, 0.3) is 0 Å². The zero-order chi connectivity index (χ0) is 10.7. The Balaban J connectivity index is 3.84. The minimum absolute atomic E-state index is 0.315. The van der Waals surface area contributed by atoms with E-state index in [0.717, 1.165) is 0 Å². The highest BCUT2D eigenvalue weighted by molar-refractivity contribution is 7.80. The summed E-state index contributed by atoms with van der Waals surface area (Å²) >= 11 is 0. The Labute approximate surface area is 78.3 Å². The summed E-state index contributed by atoms with van der Waals surface area (Å²) in [6.45, 7) is -0.170. The second-order valence-corrected chi connectivity index (χ2v) is 4.87. The minimum Gasteiger partial charge on any atom is -0.726 e. The molecule has 0 bridgehead atoms. The first-order chi connectivity index (χ1) is 5.60. The first kappa shape index (κ1) is 12.8. The molecule has 0 heterocycles. The minimum atomic E-state index is -4.69. The molecule has 0 spiro atoms. The molecule has 0 rings (SSSR count). The summed E-state index contributed by atoms with van der Waals surface area (Å²) in [5.74, 6) is 0. The number of quaternary nitrogens is 1. The Bertz CT molecular complexity index is 242. The molecule has 1 atom stereocenters. The number of nitrogens with zero attached hydrogens (tertiary/aromatic N) is 1. The quantitative estimate of drug-likeness (QED) is 0.342. The van der Waals surface area contributed by atoms with Crippen molar-refractivity contribution >= 4 is 10.4 Å². The van der Waals surface area contributed by atoms with E-state index in [2.05, 4.69) is 4.18 Å². The maximum absolute atomic E-state index is 10.0. The molecule has 0 aliphatic rings. The summed E-state index contributed by atoms with van der Waals surface area (Å²) in [6, 6.07) is 0. The van der Waals surface area contributed by atoms with Gasteiger partial charge in [0.2, 0.25) is 10.4 Å². The van der Waals surface area contributed by atoms with E-state index in [1.165, 1.54) is 0 Å². The molecule has 0 saturated heterocycles. The van der Waals surface area contributed by atoms with Crippen molar-refractivity contribution in [3.8, 4) is 0 Å². The number of hydrogen-bond donors (Lipinski definition) is 1. The van der Waals surface area contributed by atoms with Crippen LogP contribution in [0, 0.1) is 0 Å². The number of rotatable bonds is 5. The summed E-state index contributed by atoms with van der Waals surface area (Å²) < 4.78 is 34.4. The lowest BCUT2D eigenvalue weighted by Crippen LogP contribution is -2.43. The standard InChI is InChI=1S/C6H15NO5S/c1-7(2,3)4-6(8)5-12-13(9,10)11/h6,8H,4-5H2,1-3H3/t6-/m0/s1. The molecule has 0 aromatic heterocycles. The van der Waals surface area contributed by atoms with Crippen LogP contribution in [0.5, 0.6) is 0 Å². The average molecular weight is 213 g/mol. The number of likely N-dealkylation sites (N-methyl/N-ethyl adjacent to an activating group) is 1. The van der Waals surface area contributed by atoms with Crippen molar-refractivity contribution in [1.29, 1.82) is 0 Å². The summed E-state index contributed by atoms with van der Waals surface area (Å²) in [4.78, 5) is 0. The van der Waals surface area contributed by atoms with E-state index < -0.39 is 23.1 Å². The zero-order valence-corrected chi connectivity index (χ0v) is 8.74. The predicted octanol–water partition coefficient (Wildman–Crippen LogP) is -1.47. The van der Waals surface area contributed by atoms with Crippen LogP contribution in [-0.2, 0) is 14.6 Å². The molecule has 13 heavy (non-hydrogen) atoms. The van der Waals surface area contributed by atoms with Crippen LogP contribution in [0.25, 0.3) is 0 Å². The molecule has 7 heteroatoms. The molecule has 6 nitrogen and oxygen atoms in total. The van der Waals surface area contributed by atoms with E-state index in [0.29, 0.717) is 11.0 Å². The van der Waals surface area contributed by atoms with Crippen molar-refractivity contribution in [2.45, 2.75) is 6.10 Å². The van der Waals surface area contributed by atoms with Gasteiger partial charge in [-0.3, -0.25) is 4.18 Å². The Hall–Kier alpha value is -0.210. The lowest BCUT2D eigenvalue weighted by molar-refractivity contribution is -0.873. The molecule has 1 N–H and O–H groups in total. The average Bonchev–Trinajstić information content (AvgIpc) is 1.78. The van der Waals surface area contributed by atoms with E-state index in [4.69, 9.17) is 0 Å². The first-order valence-electron chi connectivity index (χ1n) is 3.69. The van der Waals surface area contributed by atoms with Gasteiger partial charge in [-0.15, -0.1) is 0 Å². The highest BCUT2D eigenvalue weighted by Crippen LogP contribution is 1.97. The zero-order valence-electron chi connectivity index (χ0n) is 7.93. The third kappa shape index (κ3) is 9.71. The Morgan fingerprint density at radius 1 is 1.46 bits per heavy atom. The van der Waals surface area contributed by atoms with Crippen LogP contribution in [0.15, 0.2) is 0 Å². The number of hydrogen-bond acceptors (Lipinski definition) is 5. The van der Waals surface area contributed by atoms with Crippen LogP contribution < -0.4 is 0 Å². The SMILES string of the molecule is C[N+](C)(C)C[C@H](O)COS(=O)(=O)[O-]. The summed E-state index contributed by atoms with van der Waals surface area (Å²) in [5.41, 5.74) is 0. The van der Waals surface area contributed by atoms with Gasteiger partial charge in [0.05, 0.1) is 27.7 Å². The van der Waals surface area contributed by atoms with Crippen molar-refractivity contribution < 1.29 is 26.7 Å².